The fraction of sp³-hybridized carbons (Fsp3) is 0.733. The maximum atomic E-state index is 5.70. The second-order valence-corrected chi connectivity index (χ2v) is 5.61. The Bertz CT molecular complexity index is 367. The van der Waals surface area contributed by atoms with E-state index in [1.165, 1.54) is 24.8 Å². The standard InChI is InChI=1S/C15H25NO2/c1-11(2)16-9-14-8-15(18-12(14)3)10-17-7-6-13-4-5-13/h8,11,13,16H,4-7,9-10H2,1-3H3. The molecular formula is C15H25NO2. The molecule has 1 saturated carbocycles. The first kappa shape index (κ1) is 13.6. The van der Waals surface area contributed by atoms with Gasteiger partial charge in [0.1, 0.15) is 18.1 Å². The maximum absolute atomic E-state index is 5.70. The van der Waals surface area contributed by atoms with Crippen molar-refractivity contribution >= 4 is 0 Å². The Morgan fingerprint density at radius 2 is 2.22 bits per heavy atom. The normalized spacial score (nSPS) is 15.6. The van der Waals surface area contributed by atoms with Gasteiger partial charge in [-0.15, -0.1) is 0 Å². The summed E-state index contributed by atoms with van der Waals surface area (Å²) in [5.74, 6) is 2.89. The van der Waals surface area contributed by atoms with E-state index < -0.39 is 0 Å². The summed E-state index contributed by atoms with van der Waals surface area (Å²) in [6.45, 7) is 8.66. The molecule has 3 nitrogen and oxygen atoms in total. The van der Waals surface area contributed by atoms with Crippen LogP contribution in [0, 0.1) is 12.8 Å². The lowest BCUT2D eigenvalue weighted by molar-refractivity contribution is 0.100. The highest BCUT2D eigenvalue weighted by molar-refractivity contribution is 5.20. The zero-order chi connectivity index (χ0) is 13.0. The van der Waals surface area contributed by atoms with E-state index in [0.717, 1.165) is 30.6 Å². The first-order chi connectivity index (χ1) is 8.65. The molecule has 2 rings (SSSR count). The van der Waals surface area contributed by atoms with Crippen LogP contribution in [-0.4, -0.2) is 12.6 Å². The van der Waals surface area contributed by atoms with Crippen molar-refractivity contribution in [1.29, 1.82) is 0 Å². The van der Waals surface area contributed by atoms with Crippen molar-refractivity contribution < 1.29 is 9.15 Å². The molecule has 0 atom stereocenters. The minimum Gasteiger partial charge on any atom is -0.464 e. The van der Waals surface area contributed by atoms with Gasteiger partial charge in [-0.2, -0.15) is 0 Å². The molecule has 0 saturated heterocycles. The summed E-state index contributed by atoms with van der Waals surface area (Å²) >= 11 is 0. The molecule has 0 bridgehead atoms. The maximum Gasteiger partial charge on any atom is 0.130 e. The van der Waals surface area contributed by atoms with Crippen molar-refractivity contribution in [2.75, 3.05) is 6.61 Å². The van der Waals surface area contributed by atoms with Crippen LogP contribution in [-0.2, 0) is 17.9 Å². The van der Waals surface area contributed by atoms with E-state index in [2.05, 4.69) is 25.2 Å². The number of furan rings is 1. The summed E-state index contributed by atoms with van der Waals surface area (Å²) in [5, 5.41) is 3.41. The summed E-state index contributed by atoms with van der Waals surface area (Å²) in [7, 11) is 0. The SMILES string of the molecule is Cc1oc(COCCC2CC2)cc1CNC(C)C. The van der Waals surface area contributed by atoms with E-state index in [0.29, 0.717) is 12.6 Å². The fourth-order valence-electron chi connectivity index (χ4n) is 1.98. The molecule has 102 valence electrons. The number of ether oxygens (including phenoxy) is 1. The molecule has 3 heteroatoms. The molecule has 1 aliphatic carbocycles. The largest absolute Gasteiger partial charge is 0.464 e. The summed E-state index contributed by atoms with van der Waals surface area (Å²) in [5.41, 5.74) is 1.24. The van der Waals surface area contributed by atoms with Crippen molar-refractivity contribution in [2.24, 2.45) is 5.92 Å². The summed E-state index contributed by atoms with van der Waals surface area (Å²) in [6.07, 6.45) is 4.00. The van der Waals surface area contributed by atoms with Crippen molar-refractivity contribution in [3.63, 3.8) is 0 Å². The Morgan fingerprint density at radius 1 is 1.44 bits per heavy atom. The van der Waals surface area contributed by atoms with E-state index in [1.807, 2.05) is 6.92 Å². The van der Waals surface area contributed by atoms with Crippen LogP contribution in [0.2, 0.25) is 0 Å². The molecule has 0 aliphatic heterocycles. The lowest BCUT2D eigenvalue weighted by Crippen LogP contribution is -2.21. The third-order valence-corrected chi connectivity index (χ3v) is 3.38. The predicted octanol–water partition coefficient (Wildman–Crippen LogP) is 3.40. The van der Waals surface area contributed by atoms with Gasteiger partial charge < -0.3 is 14.5 Å². The van der Waals surface area contributed by atoms with Gasteiger partial charge in [-0.3, -0.25) is 0 Å². The van der Waals surface area contributed by atoms with Gasteiger partial charge in [-0.25, -0.2) is 0 Å². The first-order valence-electron chi connectivity index (χ1n) is 7.04. The molecule has 0 aromatic carbocycles. The number of hydrogen-bond donors (Lipinski definition) is 1. The zero-order valence-corrected chi connectivity index (χ0v) is 11.8. The predicted molar refractivity (Wildman–Crippen MR) is 72.4 cm³/mol. The van der Waals surface area contributed by atoms with Gasteiger partial charge in [-0.05, 0) is 25.3 Å². The van der Waals surface area contributed by atoms with Crippen LogP contribution in [0.1, 0.15) is 50.2 Å². The highest BCUT2D eigenvalue weighted by atomic mass is 16.5. The van der Waals surface area contributed by atoms with E-state index in [-0.39, 0.29) is 0 Å². The lowest BCUT2D eigenvalue weighted by Gasteiger charge is -2.05. The summed E-state index contributed by atoms with van der Waals surface area (Å²) in [4.78, 5) is 0. The fourth-order valence-corrected chi connectivity index (χ4v) is 1.98. The Hall–Kier alpha value is -0.800. The van der Waals surface area contributed by atoms with Crippen molar-refractivity contribution in [3.05, 3.63) is 23.2 Å². The van der Waals surface area contributed by atoms with Gasteiger partial charge in [0.15, 0.2) is 0 Å². The third-order valence-electron chi connectivity index (χ3n) is 3.38. The quantitative estimate of drug-likeness (QED) is 0.719. The second kappa shape index (κ2) is 6.39. The van der Waals surface area contributed by atoms with Gasteiger partial charge in [0.2, 0.25) is 0 Å². The van der Waals surface area contributed by atoms with Crippen molar-refractivity contribution in [2.45, 2.75) is 59.2 Å². The van der Waals surface area contributed by atoms with Crippen LogP contribution in [0.25, 0.3) is 0 Å². The van der Waals surface area contributed by atoms with E-state index in [4.69, 9.17) is 9.15 Å². The van der Waals surface area contributed by atoms with E-state index in [9.17, 15) is 0 Å². The molecule has 0 amide bonds. The summed E-state index contributed by atoms with van der Waals surface area (Å²) in [6, 6.07) is 2.61. The molecule has 0 spiro atoms. The van der Waals surface area contributed by atoms with Crippen molar-refractivity contribution in [1.82, 2.24) is 5.32 Å². The Morgan fingerprint density at radius 3 is 2.89 bits per heavy atom. The number of hydrogen-bond acceptors (Lipinski definition) is 3. The number of nitrogens with one attached hydrogen (secondary N) is 1. The smallest absolute Gasteiger partial charge is 0.130 e. The van der Waals surface area contributed by atoms with Crippen molar-refractivity contribution in [3.8, 4) is 0 Å². The van der Waals surface area contributed by atoms with Crippen LogP contribution in [0.15, 0.2) is 10.5 Å². The van der Waals surface area contributed by atoms with Gasteiger partial charge >= 0.3 is 0 Å². The topological polar surface area (TPSA) is 34.4 Å². The van der Waals surface area contributed by atoms with Gasteiger partial charge in [0, 0.05) is 24.8 Å². The monoisotopic (exact) mass is 251 g/mol. The summed E-state index contributed by atoms with van der Waals surface area (Å²) < 4.78 is 11.4. The highest BCUT2D eigenvalue weighted by Gasteiger charge is 2.20. The van der Waals surface area contributed by atoms with Crippen LogP contribution >= 0.6 is 0 Å². The molecule has 1 fully saturated rings. The zero-order valence-electron chi connectivity index (χ0n) is 11.8. The first-order valence-corrected chi connectivity index (χ1v) is 7.04. The van der Waals surface area contributed by atoms with Gasteiger partial charge in [0.25, 0.3) is 0 Å². The molecule has 0 radical (unpaired) electrons. The minimum atomic E-state index is 0.498. The Labute approximate surface area is 110 Å². The highest BCUT2D eigenvalue weighted by Crippen LogP contribution is 2.32. The van der Waals surface area contributed by atoms with Crippen LogP contribution in [0.4, 0.5) is 0 Å². The Kier molecular flexibility index (Phi) is 4.84. The molecular weight excluding hydrogens is 226 g/mol. The van der Waals surface area contributed by atoms with Gasteiger partial charge in [-0.1, -0.05) is 26.7 Å². The molecule has 1 heterocycles. The Balaban J connectivity index is 1.72. The van der Waals surface area contributed by atoms with E-state index >= 15 is 0 Å². The molecule has 1 aromatic rings. The molecule has 1 aliphatic rings. The average Bonchev–Trinajstić information content (AvgIpc) is 3.07. The molecule has 1 N–H and O–H groups in total. The third kappa shape index (κ3) is 4.46. The lowest BCUT2D eigenvalue weighted by atomic mass is 10.2. The minimum absolute atomic E-state index is 0.498. The van der Waals surface area contributed by atoms with Gasteiger partial charge in [0.05, 0.1) is 0 Å². The van der Waals surface area contributed by atoms with Crippen LogP contribution < -0.4 is 5.32 Å². The number of aryl methyl sites for hydroxylation is 1. The number of rotatable bonds is 8. The second-order valence-electron chi connectivity index (χ2n) is 5.61. The molecule has 18 heavy (non-hydrogen) atoms. The molecule has 0 unspecified atom stereocenters. The molecule has 1 aromatic heterocycles. The van der Waals surface area contributed by atoms with Crippen LogP contribution in [0.5, 0.6) is 0 Å². The van der Waals surface area contributed by atoms with Crippen LogP contribution in [0.3, 0.4) is 0 Å². The average molecular weight is 251 g/mol. The van der Waals surface area contributed by atoms with E-state index in [1.54, 1.807) is 0 Å².